The van der Waals surface area contributed by atoms with Gasteiger partial charge in [-0.1, -0.05) is 20.3 Å². The zero-order valence-electron chi connectivity index (χ0n) is 10.5. The molecule has 0 aliphatic rings. The van der Waals surface area contributed by atoms with Crippen LogP contribution in [0.25, 0.3) is 0 Å². The largest absolute Gasteiger partial charge is 0.349 e. The van der Waals surface area contributed by atoms with Gasteiger partial charge in [0, 0.05) is 14.2 Å². The molecule has 0 aromatic rings. The molecular weight excluding hydrogens is 213 g/mol. The Morgan fingerprint density at radius 1 is 1.27 bits per heavy atom. The van der Waals surface area contributed by atoms with E-state index in [1.807, 2.05) is 13.8 Å². The van der Waals surface area contributed by atoms with Crippen LogP contribution in [-0.4, -0.2) is 26.0 Å². The van der Waals surface area contributed by atoms with Crippen LogP contribution >= 0.6 is 7.60 Å². The van der Waals surface area contributed by atoms with Gasteiger partial charge in [-0.25, -0.2) is 0 Å². The molecule has 1 unspecified atom stereocenters. The maximum atomic E-state index is 12.3. The Kier molecular flexibility index (Phi) is 6.69. The van der Waals surface area contributed by atoms with Crippen molar-refractivity contribution < 1.29 is 13.6 Å². The molecule has 0 aliphatic carbocycles. The summed E-state index contributed by atoms with van der Waals surface area (Å²) >= 11 is 0. The summed E-state index contributed by atoms with van der Waals surface area (Å²) in [7, 11) is -0.194. The van der Waals surface area contributed by atoms with Crippen LogP contribution in [0.2, 0.25) is 0 Å². The monoisotopic (exact) mass is 237 g/mol. The van der Waals surface area contributed by atoms with Crippen LogP contribution in [0.15, 0.2) is 0 Å². The first-order valence-electron chi connectivity index (χ1n) is 5.46. The summed E-state index contributed by atoms with van der Waals surface area (Å²) in [4.78, 5) is 0. The second-order valence-corrected chi connectivity index (χ2v) is 6.48. The van der Waals surface area contributed by atoms with E-state index in [0.717, 1.165) is 19.4 Å². The molecule has 0 fully saturated rings. The number of hydrogen-bond donors (Lipinski definition) is 1. The molecule has 15 heavy (non-hydrogen) atoms. The lowest BCUT2D eigenvalue weighted by Crippen LogP contribution is -2.42. The molecule has 0 saturated carbocycles. The van der Waals surface area contributed by atoms with Gasteiger partial charge in [-0.05, 0) is 26.3 Å². The second kappa shape index (κ2) is 6.64. The quantitative estimate of drug-likeness (QED) is 0.520. The molecular formula is C10H24NO3P. The zero-order chi connectivity index (χ0) is 11.9. The first-order valence-corrected chi connectivity index (χ1v) is 7.00. The minimum absolute atomic E-state index is 0.592. The molecule has 0 amide bonds. The number of nitrogens with one attached hydrogen (secondary N) is 1. The highest BCUT2D eigenvalue weighted by Crippen LogP contribution is 2.58. The average Bonchev–Trinajstić information content (AvgIpc) is 2.27. The van der Waals surface area contributed by atoms with Crippen LogP contribution in [0.1, 0.15) is 40.0 Å². The minimum Gasteiger partial charge on any atom is -0.311 e. The predicted molar refractivity (Wildman–Crippen MR) is 63.2 cm³/mol. The fourth-order valence-electron chi connectivity index (χ4n) is 1.43. The summed E-state index contributed by atoms with van der Waals surface area (Å²) in [5.74, 6) is 0. The maximum absolute atomic E-state index is 12.3. The van der Waals surface area contributed by atoms with Crippen molar-refractivity contribution in [2.75, 3.05) is 20.8 Å². The summed E-state index contributed by atoms with van der Waals surface area (Å²) in [6, 6.07) is 0. The Balaban J connectivity index is 4.59. The van der Waals surface area contributed by atoms with Crippen molar-refractivity contribution in [1.29, 1.82) is 0 Å². The first kappa shape index (κ1) is 15.1. The van der Waals surface area contributed by atoms with Gasteiger partial charge in [-0.15, -0.1) is 0 Å². The van der Waals surface area contributed by atoms with E-state index in [1.165, 1.54) is 14.2 Å². The van der Waals surface area contributed by atoms with Gasteiger partial charge in [0.25, 0.3) is 0 Å². The third-order valence-corrected chi connectivity index (χ3v) is 5.45. The van der Waals surface area contributed by atoms with Gasteiger partial charge >= 0.3 is 7.60 Å². The molecule has 1 N–H and O–H groups in total. The van der Waals surface area contributed by atoms with E-state index in [1.54, 1.807) is 0 Å². The SMILES string of the molecule is CCCCNC(C)(CC)P(=O)(OC)OC. The van der Waals surface area contributed by atoms with Crippen LogP contribution < -0.4 is 5.32 Å². The van der Waals surface area contributed by atoms with E-state index >= 15 is 0 Å². The lowest BCUT2D eigenvalue weighted by molar-refractivity contribution is 0.232. The molecule has 0 rings (SSSR count). The highest BCUT2D eigenvalue weighted by atomic mass is 31.2. The van der Waals surface area contributed by atoms with Crippen molar-refractivity contribution in [3.05, 3.63) is 0 Å². The Hall–Kier alpha value is 0.110. The van der Waals surface area contributed by atoms with Crippen LogP contribution in [0, 0.1) is 0 Å². The van der Waals surface area contributed by atoms with Crippen molar-refractivity contribution >= 4 is 7.60 Å². The van der Waals surface area contributed by atoms with Gasteiger partial charge in [0.1, 0.15) is 5.28 Å². The topological polar surface area (TPSA) is 47.6 Å². The molecule has 92 valence electrons. The van der Waals surface area contributed by atoms with Crippen LogP contribution in [-0.2, 0) is 13.6 Å². The maximum Gasteiger partial charge on any atom is 0.349 e. The van der Waals surface area contributed by atoms with Gasteiger partial charge in [-0.2, -0.15) is 0 Å². The Morgan fingerprint density at radius 3 is 2.13 bits per heavy atom. The van der Waals surface area contributed by atoms with E-state index in [4.69, 9.17) is 9.05 Å². The molecule has 5 heteroatoms. The molecule has 0 aromatic carbocycles. The zero-order valence-corrected chi connectivity index (χ0v) is 11.4. The van der Waals surface area contributed by atoms with Crippen molar-refractivity contribution in [3.63, 3.8) is 0 Å². The number of hydrogen-bond acceptors (Lipinski definition) is 4. The molecule has 0 saturated heterocycles. The molecule has 0 aromatic heterocycles. The second-order valence-electron chi connectivity index (χ2n) is 3.77. The molecule has 0 bridgehead atoms. The summed E-state index contributed by atoms with van der Waals surface area (Å²) in [5, 5.41) is 2.68. The van der Waals surface area contributed by atoms with Crippen LogP contribution in [0.5, 0.6) is 0 Å². The van der Waals surface area contributed by atoms with Crippen molar-refractivity contribution in [3.8, 4) is 0 Å². The summed E-state index contributed by atoms with van der Waals surface area (Å²) in [6.45, 7) is 6.81. The summed E-state index contributed by atoms with van der Waals surface area (Å²) < 4.78 is 22.4. The molecule has 4 nitrogen and oxygen atoms in total. The van der Waals surface area contributed by atoms with Gasteiger partial charge in [0.15, 0.2) is 0 Å². The molecule has 0 spiro atoms. The normalized spacial score (nSPS) is 16.3. The van der Waals surface area contributed by atoms with Crippen molar-refractivity contribution in [2.24, 2.45) is 0 Å². The molecule has 0 aliphatic heterocycles. The Labute approximate surface area is 93.3 Å². The van der Waals surface area contributed by atoms with E-state index in [2.05, 4.69) is 12.2 Å². The van der Waals surface area contributed by atoms with Crippen LogP contribution in [0.3, 0.4) is 0 Å². The van der Waals surface area contributed by atoms with Crippen molar-refractivity contribution in [2.45, 2.75) is 45.3 Å². The van der Waals surface area contributed by atoms with E-state index in [9.17, 15) is 4.57 Å². The highest BCUT2D eigenvalue weighted by Gasteiger charge is 2.44. The van der Waals surface area contributed by atoms with Gasteiger partial charge in [0.05, 0.1) is 0 Å². The first-order chi connectivity index (χ1) is 6.99. The van der Waals surface area contributed by atoms with Crippen molar-refractivity contribution in [1.82, 2.24) is 5.32 Å². The number of unbranched alkanes of at least 4 members (excludes halogenated alkanes) is 1. The van der Waals surface area contributed by atoms with E-state index < -0.39 is 12.9 Å². The summed E-state index contributed by atoms with van der Waals surface area (Å²) in [6.07, 6.45) is 2.87. The molecule has 0 radical (unpaired) electrons. The fourth-order valence-corrected chi connectivity index (χ4v) is 3.08. The Bertz CT molecular complexity index is 215. The lowest BCUT2D eigenvalue weighted by atomic mass is 10.2. The average molecular weight is 237 g/mol. The standard InChI is InChI=1S/C10H24NO3P/c1-6-8-9-11-10(3,7-2)15(12,13-4)14-5/h11H,6-9H2,1-5H3. The summed E-state index contributed by atoms with van der Waals surface area (Å²) in [5.41, 5.74) is 0. The van der Waals surface area contributed by atoms with E-state index in [-0.39, 0.29) is 0 Å². The van der Waals surface area contributed by atoms with Gasteiger partial charge < -0.3 is 14.4 Å². The molecule has 1 atom stereocenters. The fraction of sp³-hybridized carbons (Fsp3) is 1.00. The van der Waals surface area contributed by atoms with E-state index in [0.29, 0.717) is 6.42 Å². The highest BCUT2D eigenvalue weighted by molar-refractivity contribution is 7.55. The lowest BCUT2D eigenvalue weighted by Gasteiger charge is -2.34. The van der Waals surface area contributed by atoms with Gasteiger partial charge in [0.2, 0.25) is 0 Å². The third-order valence-electron chi connectivity index (χ3n) is 2.81. The Morgan fingerprint density at radius 2 is 1.80 bits per heavy atom. The minimum atomic E-state index is -3.05. The molecule has 0 heterocycles. The van der Waals surface area contributed by atoms with Crippen LogP contribution in [0.4, 0.5) is 0 Å². The smallest absolute Gasteiger partial charge is 0.311 e. The predicted octanol–water partition coefficient (Wildman–Crippen LogP) is 2.99. The number of rotatable bonds is 8. The van der Waals surface area contributed by atoms with Gasteiger partial charge in [-0.3, -0.25) is 4.57 Å². The third kappa shape index (κ3) is 3.56.